The molecule has 146 valence electrons. The van der Waals surface area contributed by atoms with E-state index in [0.29, 0.717) is 24.8 Å². The Hall–Kier alpha value is -3.55. The zero-order valence-corrected chi connectivity index (χ0v) is 15.7. The number of hydrogen-bond acceptors (Lipinski definition) is 6. The Morgan fingerprint density at radius 3 is 2.83 bits per heavy atom. The van der Waals surface area contributed by atoms with Gasteiger partial charge in [0, 0.05) is 49.1 Å². The molecule has 2 atom stereocenters. The van der Waals surface area contributed by atoms with Gasteiger partial charge in [0.2, 0.25) is 0 Å². The fraction of sp³-hybridized carbons (Fsp3) is 0.286. The molecule has 0 saturated carbocycles. The van der Waals surface area contributed by atoms with Crippen LogP contribution in [0.5, 0.6) is 0 Å². The molecule has 2 bridgehead atoms. The van der Waals surface area contributed by atoms with Crippen LogP contribution in [0.2, 0.25) is 0 Å². The van der Waals surface area contributed by atoms with Crippen molar-refractivity contribution in [2.75, 3.05) is 18.0 Å². The van der Waals surface area contributed by atoms with Crippen molar-refractivity contribution in [3.05, 3.63) is 70.7 Å². The highest BCUT2D eigenvalue weighted by Gasteiger charge is 2.35. The van der Waals surface area contributed by atoms with Gasteiger partial charge in [0.25, 0.3) is 11.5 Å². The molecule has 5 rings (SSSR count). The Morgan fingerprint density at radius 2 is 2.03 bits per heavy atom. The van der Waals surface area contributed by atoms with Gasteiger partial charge in [-0.25, -0.2) is 4.98 Å². The summed E-state index contributed by atoms with van der Waals surface area (Å²) in [6.45, 7) is 2.15. The van der Waals surface area contributed by atoms with E-state index in [4.69, 9.17) is 5.73 Å². The van der Waals surface area contributed by atoms with Gasteiger partial charge < -0.3 is 15.2 Å². The van der Waals surface area contributed by atoms with Crippen molar-refractivity contribution < 1.29 is 4.79 Å². The molecule has 3 aromatic rings. The minimum absolute atomic E-state index is 0.0156. The second-order valence-corrected chi connectivity index (χ2v) is 7.66. The summed E-state index contributed by atoms with van der Waals surface area (Å²) in [6, 6.07) is 9.45. The van der Waals surface area contributed by atoms with E-state index in [0.717, 1.165) is 29.9 Å². The van der Waals surface area contributed by atoms with Crippen LogP contribution in [0.25, 0.3) is 11.3 Å². The van der Waals surface area contributed by atoms with Crippen molar-refractivity contribution in [3.63, 3.8) is 0 Å². The first-order valence-electron chi connectivity index (χ1n) is 9.61. The number of carbonyl (C=O) groups excluding carboxylic acids is 1. The van der Waals surface area contributed by atoms with Gasteiger partial charge in [-0.2, -0.15) is 0 Å². The average molecular weight is 388 g/mol. The summed E-state index contributed by atoms with van der Waals surface area (Å²) >= 11 is 0. The van der Waals surface area contributed by atoms with Gasteiger partial charge in [-0.05, 0) is 30.5 Å². The van der Waals surface area contributed by atoms with Crippen molar-refractivity contribution >= 4 is 11.7 Å². The molecular formula is C21H20N6O2. The molecule has 0 aliphatic carbocycles. The van der Waals surface area contributed by atoms with Crippen LogP contribution in [0.15, 0.2) is 53.7 Å². The maximum absolute atomic E-state index is 12.8. The number of aromatic nitrogens is 4. The van der Waals surface area contributed by atoms with Crippen molar-refractivity contribution in [1.29, 1.82) is 0 Å². The molecule has 0 spiro atoms. The molecule has 1 fully saturated rings. The highest BCUT2D eigenvalue weighted by atomic mass is 16.1. The third kappa shape index (κ3) is 3.16. The Bertz CT molecular complexity index is 1140. The number of nitrogens with zero attached hydrogens (tertiary/aromatic N) is 5. The molecule has 5 heterocycles. The maximum Gasteiger partial charge on any atom is 0.268 e. The van der Waals surface area contributed by atoms with Gasteiger partial charge >= 0.3 is 0 Å². The van der Waals surface area contributed by atoms with E-state index in [2.05, 4.69) is 25.9 Å². The third-order valence-corrected chi connectivity index (χ3v) is 5.72. The summed E-state index contributed by atoms with van der Waals surface area (Å²) in [5.41, 5.74) is 8.19. The van der Waals surface area contributed by atoms with E-state index in [9.17, 15) is 9.59 Å². The number of piperidine rings is 1. The predicted octanol–water partition coefficient (Wildman–Crippen LogP) is 1.42. The maximum atomic E-state index is 12.8. The fourth-order valence-electron chi connectivity index (χ4n) is 4.45. The lowest BCUT2D eigenvalue weighted by atomic mass is 9.82. The number of pyridine rings is 2. The molecule has 0 unspecified atom stereocenters. The monoisotopic (exact) mass is 388 g/mol. The highest BCUT2D eigenvalue weighted by molar-refractivity contribution is 5.90. The summed E-state index contributed by atoms with van der Waals surface area (Å²) in [5, 5.41) is 0. The van der Waals surface area contributed by atoms with Crippen LogP contribution >= 0.6 is 0 Å². The standard InChI is InChI=1S/C21H20N6O2/c22-21(29)17-8-23-9-19(25-17)26-10-13-5-15(12-26)18-6-14(7-20(28)27(18)11-13)16-3-1-2-4-24-16/h1-4,6-9,13,15H,5,10-12H2,(H2,22,29)/t13-,15+/m0/s1. The molecule has 29 heavy (non-hydrogen) atoms. The van der Waals surface area contributed by atoms with Crippen LogP contribution in [-0.2, 0) is 6.54 Å². The number of rotatable bonds is 3. The average Bonchev–Trinajstić information content (AvgIpc) is 2.75. The number of anilines is 1. The number of carbonyl (C=O) groups is 1. The normalized spacial score (nSPS) is 20.2. The summed E-state index contributed by atoms with van der Waals surface area (Å²) < 4.78 is 1.90. The zero-order valence-electron chi connectivity index (χ0n) is 15.7. The van der Waals surface area contributed by atoms with E-state index in [-0.39, 0.29) is 17.2 Å². The van der Waals surface area contributed by atoms with Gasteiger partial charge in [0.1, 0.15) is 11.5 Å². The third-order valence-electron chi connectivity index (χ3n) is 5.72. The fourth-order valence-corrected chi connectivity index (χ4v) is 4.45. The second-order valence-electron chi connectivity index (χ2n) is 7.66. The minimum Gasteiger partial charge on any atom is -0.364 e. The Balaban J connectivity index is 1.51. The highest BCUT2D eigenvalue weighted by Crippen LogP contribution is 2.37. The smallest absolute Gasteiger partial charge is 0.268 e. The number of hydrogen-bond donors (Lipinski definition) is 1. The first kappa shape index (κ1) is 17.5. The van der Waals surface area contributed by atoms with Crippen LogP contribution < -0.4 is 16.2 Å². The summed E-state index contributed by atoms with van der Waals surface area (Å²) in [6.07, 6.45) is 5.79. The lowest BCUT2D eigenvalue weighted by molar-refractivity contribution is 0.0995. The molecule has 8 heteroatoms. The molecule has 0 aromatic carbocycles. The number of fused-ring (bicyclic) bond motifs is 4. The SMILES string of the molecule is NC(=O)c1cncc(N2C[C@@H]3C[C@H](C2)c2cc(-c4ccccn4)cc(=O)n2C3)n1. The van der Waals surface area contributed by atoms with Crippen LogP contribution in [0.3, 0.4) is 0 Å². The quantitative estimate of drug-likeness (QED) is 0.727. The van der Waals surface area contributed by atoms with Crippen LogP contribution in [0, 0.1) is 5.92 Å². The first-order chi connectivity index (χ1) is 14.1. The van der Waals surface area contributed by atoms with Gasteiger partial charge in [-0.15, -0.1) is 0 Å². The summed E-state index contributed by atoms with van der Waals surface area (Å²) in [5.74, 6) is 0.581. The van der Waals surface area contributed by atoms with Gasteiger partial charge in [0.05, 0.1) is 18.1 Å². The molecule has 1 amide bonds. The zero-order chi connectivity index (χ0) is 20.0. The molecule has 3 aromatic heterocycles. The predicted molar refractivity (Wildman–Crippen MR) is 108 cm³/mol. The molecule has 1 saturated heterocycles. The van der Waals surface area contributed by atoms with E-state index < -0.39 is 5.91 Å². The molecule has 2 aliphatic heterocycles. The molecule has 2 N–H and O–H groups in total. The Kier molecular flexibility index (Phi) is 4.12. The summed E-state index contributed by atoms with van der Waals surface area (Å²) in [7, 11) is 0. The van der Waals surface area contributed by atoms with E-state index in [1.165, 1.54) is 6.20 Å². The molecule has 8 nitrogen and oxygen atoms in total. The minimum atomic E-state index is -0.589. The Morgan fingerprint density at radius 1 is 1.14 bits per heavy atom. The van der Waals surface area contributed by atoms with E-state index in [1.807, 2.05) is 22.8 Å². The molecule has 2 aliphatic rings. The van der Waals surface area contributed by atoms with Gasteiger partial charge in [-0.3, -0.25) is 19.6 Å². The molecular weight excluding hydrogens is 368 g/mol. The Labute approximate surface area is 167 Å². The molecule has 0 radical (unpaired) electrons. The van der Waals surface area contributed by atoms with Crippen molar-refractivity contribution in [2.45, 2.75) is 18.9 Å². The van der Waals surface area contributed by atoms with Crippen LogP contribution in [-0.4, -0.2) is 38.5 Å². The summed E-state index contributed by atoms with van der Waals surface area (Å²) in [4.78, 5) is 39.3. The topological polar surface area (TPSA) is 107 Å². The lowest BCUT2D eigenvalue weighted by Crippen LogP contribution is -2.47. The number of nitrogens with two attached hydrogens (primary N) is 1. The van der Waals surface area contributed by atoms with Gasteiger partial charge in [-0.1, -0.05) is 6.07 Å². The largest absolute Gasteiger partial charge is 0.364 e. The van der Waals surface area contributed by atoms with Crippen LogP contribution in [0.4, 0.5) is 5.82 Å². The van der Waals surface area contributed by atoms with Crippen LogP contribution in [0.1, 0.15) is 28.5 Å². The number of amides is 1. The van der Waals surface area contributed by atoms with E-state index >= 15 is 0 Å². The van der Waals surface area contributed by atoms with E-state index in [1.54, 1.807) is 18.5 Å². The lowest BCUT2D eigenvalue weighted by Gasteiger charge is -2.43. The van der Waals surface area contributed by atoms with Gasteiger partial charge in [0.15, 0.2) is 0 Å². The van der Waals surface area contributed by atoms with Crippen molar-refractivity contribution in [3.8, 4) is 11.3 Å². The van der Waals surface area contributed by atoms with Crippen molar-refractivity contribution in [2.24, 2.45) is 11.7 Å². The first-order valence-corrected chi connectivity index (χ1v) is 9.61. The number of primary amides is 1. The van der Waals surface area contributed by atoms with Crippen molar-refractivity contribution in [1.82, 2.24) is 19.5 Å². The second kappa shape index (κ2) is 6.80.